The highest BCUT2D eigenvalue weighted by Gasteiger charge is 2.24. The van der Waals surface area contributed by atoms with E-state index < -0.39 is 0 Å². The van der Waals surface area contributed by atoms with Gasteiger partial charge in [-0.25, -0.2) is 4.79 Å². The molecule has 0 atom stereocenters. The Labute approximate surface area is 135 Å². The zero-order valence-corrected chi connectivity index (χ0v) is 13.6. The number of halogens is 1. The second-order valence-corrected chi connectivity index (χ2v) is 5.91. The number of fused-ring (bicyclic) bond motifs is 1. The van der Waals surface area contributed by atoms with Crippen LogP contribution in [0.2, 0.25) is 5.02 Å². The fraction of sp³-hybridized carbons (Fsp3) is 0.412. The number of carbonyl (C=O) groups excluding carboxylic acids is 1. The van der Waals surface area contributed by atoms with Gasteiger partial charge in [0.1, 0.15) is 5.56 Å². The van der Waals surface area contributed by atoms with Gasteiger partial charge < -0.3 is 9.64 Å². The van der Waals surface area contributed by atoms with E-state index in [0.717, 1.165) is 48.1 Å². The van der Waals surface area contributed by atoms with Crippen LogP contribution in [0, 0.1) is 6.92 Å². The number of anilines is 1. The van der Waals surface area contributed by atoms with Crippen molar-refractivity contribution >= 4 is 34.2 Å². The maximum Gasteiger partial charge on any atom is 0.341 e. The Kier molecular flexibility index (Phi) is 4.21. The summed E-state index contributed by atoms with van der Waals surface area (Å²) >= 11 is 6.21. The van der Waals surface area contributed by atoms with Gasteiger partial charge in [0.25, 0.3) is 0 Å². The molecule has 1 saturated heterocycles. The minimum atomic E-state index is -0.314. The van der Waals surface area contributed by atoms with E-state index in [1.54, 1.807) is 6.20 Å². The minimum absolute atomic E-state index is 0.314. The molecule has 1 aliphatic heterocycles. The van der Waals surface area contributed by atoms with E-state index in [4.69, 9.17) is 16.3 Å². The van der Waals surface area contributed by atoms with Crippen molar-refractivity contribution in [2.24, 2.45) is 0 Å². The average Bonchev–Trinajstić information content (AvgIpc) is 3.04. The molecule has 3 rings (SSSR count). The molecule has 0 N–H and O–H groups in total. The lowest BCUT2D eigenvalue weighted by Gasteiger charge is -2.23. The molecular formula is C17H19ClN2O2. The minimum Gasteiger partial charge on any atom is -0.462 e. The SMILES string of the molecule is CCOC(=O)c1cnc2c(C)c(Cl)ccc2c1N1CCCC1. The zero-order valence-electron chi connectivity index (χ0n) is 12.9. The van der Waals surface area contributed by atoms with Crippen LogP contribution in [0.5, 0.6) is 0 Å². The lowest BCUT2D eigenvalue weighted by atomic mass is 10.0. The van der Waals surface area contributed by atoms with Crippen molar-refractivity contribution in [3.05, 3.63) is 34.5 Å². The summed E-state index contributed by atoms with van der Waals surface area (Å²) in [5.41, 5.74) is 3.26. The number of benzene rings is 1. The summed E-state index contributed by atoms with van der Waals surface area (Å²) in [6.07, 6.45) is 3.90. The molecular weight excluding hydrogens is 300 g/mol. The predicted molar refractivity (Wildman–Crippen MR) is 88.9 cm³/mol. The van der Waals surface area contributed by atoms with Crippen molar-refractivity contribution in [3.8, 4) is 0 Å². The number of hydrogen-bond donors (Lipinski definition) is 0. The molecule has 0 spiro atoms. The van der Waals surface area contributed by atoms with Crippen molar-refractivity contribution < 1.29 is 9.53 Å². The van der Waals surface area contributed by atoms with Gasteiger partial charge in [0.2, 0.25) is 0 Å². The number of nitrogens with zero attached hydrogens (tertiary/aromatic N) is 2. The third-order valence-corrected chi connectivity index (χ3v) is 4.52. The molecule has 4 nitrogen and oxygen atoms in total. The predicted octanol–water partition coefficient (Wildman–Crippen LogP) is 3.97. The van der Waals surface area contributed by atoms with Crippen molar-refractivity contribution in [2.75, 3.05) is 24.6 Å². The fourth-order valence-corrected chi connectivity index (χ4v) is 3.16. The number of aryl methyl sites for hydroxylation is 1. The molecule has 0 bridgehead atoms. The van der Waals surface area contributed by atoms with Gasteiger partial charge in [-0.3, -0.25) is 4.98 Å². The van der Waals surface area contributed by atoms with Gasteiger partial charge in [0, 0.05) is 29.7 Å². The zero-order chi connectivity index (χ0) is 15.7. The van der Waals surface area contributed by atoms with Crippen molar-refractivity contribution in [1.82, 2.24) is 4.98 Å². The van der Waals surface area contributed by atoms with E-state index in [2.05, 4.69) is 9.88 Å². The first kappa shape index (κ1) is 15.1. The average molecular weight is 319 g/mol. The van der Waals surface area contributed by atoms with Gasteiger partial charge in [-0.15, -0.1) is 0 Å². The number of ether oxygens (including phenoxy) is 1. The molecule has 22 heavy (non-hydrogen) atoms. The summed E-state index contributed by atoms with van der Waals surface area (Å²) in [5.74, 6) is -0.314. The molecule has 1 aliphatic rings. The lowest BCUT2D eigenvalue weighted by molar-refractivity contribution is 0.0527. The quantitative estimate of drug-likeness (QED) is 0.803. The van der Waals surface area contributed by atoms with E-state index in [1.807, 2.05) is 26.0 Å². The summed E-state index contributed by atoms with van der Waals surface area (Å²) in [4.78, 5) is 19.0. The molecule has 0 radical (unpaired) electrons. The van der Waals surface area contributed by atoms with Crippen molar-refractivity contribution in [3.63, 3.8) is 0 Å². The first-order chi connectivity index (χ1) is 10.6. The summed E-state index contributed by atoms with van der Waals surface area (Å²) in [6, 6.07) is 3.82. The van der Waals surface area contributed by atoms with Crippen LogP contribution >= 0.6 is 11.6 Å². The normalized spacial score (nSPS) is 14.6. The van der Waals surface area contributed by atoms with Gasteiger partial charge in [-0.1, -0.05) is 11.6 Å². The van der Waals surface area contributed by atoms with Gasteiger partial charge in [-0.2, -0.15) is 0 Å². The van der Waals surface area contributed by atoms with Crippen LogP contribution in [0.15, 0.2) is 18.3 Å². The second-order valence-electron chi connectivity index (χ2n) is 5.50. The van der Waals surface area contributed by atoms with Crippen LogP contribution in [0.1, 0.15) is 35.7 Å². The molecule has 0 unspecified atom stereocenters. The smallest absolute Gasteiger partial charge is 0.341 e. The van der Waals surface area contributed by atoms with Crippen molar-refractivity contribution in [1.29, 1.82) is 0 Å². The third-order valence-electron chi connectivity index (χ3n) is 4.12. The molecule has 0 amide bonds. The lowest BCUT2D eigenvalue weighted by Crippen LogP contribution is -2.22. The Balaban J connectivity index is 2.25. The first-order valence-electron chi connectivity index (χ1n) is 7.63. The third kappa shape index (κ3) is 2.52. The molecule has 5 heteroatoms. The monoisotopic (exact) mass is 318 g/mol. The largest absolute Gasteiger partial charge is 0.462 e. The first-order valence-corrected chi connectivity index (χ1v) is 8.01. The Bertz CT molecular complexity index is 724. The highest BCUT2D eigenvalue weighted by Crippen LogP contribution is 2.35. The summed E-state index contributed by atoms with van der Waals surface area (Å²) < 4.78 is 5.20. The van der Waals surface area contributed by atoms with Crippen LogP contribution < -0.4 is 4.90 Å². The van der Waals surface area contributed by atoms with E-state index in [1.165, 1.54) is 0 Å². The highest BCUT2D eigenvalue weighted by atomic mass is 35.5. The topological polar surface area (TPSA) is 42.4 Å². The maximum atomic E-state index is 12.3. The number of rotatable bonds is 3. The van der Waals surface area contributed by atoms with E-state index >= 15 is 0 Å². The van der Waals surface area contributed by atoms with Crippen LogP contribution in [0.3, 0.4) is 0 Å². The molecule has 0 aliphatic carbocycles. The Hall–Kier alpha value is -1.81. The van der Waals surface area contributed by atoms with Crippen LogP contribution in [-0.4, -0.2) is 30.6 Å². The number of esters is 1. The number of carbonyl (C=O) groups is 1. The number of aromatic nitrogens is 1. The van der Waals surface area contributed by atoms with Crippen LogP contribution in [0.4, 0.5) is 5.69 Å². The van der Waals surface area contributed by atoms with Gasteiger partial charge in [0.05, 0.1) is 17.8 Å². The molecule has 2 aromatic rings. The molecule has 116 valence electrons. The van der Waals surface area contributed by atoms with Gasteiger partial charge in [0.15, 0.2) is 0 Å². The Morgan fingerprint density at radius 2 is 2.09 bits per heavy atom. The number of hydrogen-bond acceptors (Lipinski definition) is 4. The molecule has 1 aromatic carbocycles. The van der Waals surface area contributed by atoms with Crippen LogP contribution in [0.25, 0.3) is 10.9 Å². The summed E-state index contributed by atoms with van der Waals surface area (Å²) in [6.45, 7) is 6.03. The Morgan fingerprint density at radius 3 is 2.77 bits per heavy atom. The number of pyridine rings is 1. The molecule has 1 aromatic heterocycles. The van der Waals surface area contributed by atoms with E-state index in [0.29, 0.717) is 17.2 Å². The summed E-state index contributed by atoms with van der Waals surface area (Å²) in [5, 5.41) is 1.66. The molecule has 1 fully saturated rings. The van der Waals surface area contributed by atoms with E-state index in [9.17, 15) is 4.79 Å². The second kappa shape index (κ2) is 6.13. The van der Waals surface area contributed by atoms with Crippen LogP contribution in [-0.2, 0) is 4.74 Å². The standard InChI is InChI=1S/C17H19ClN2O2/c1-3-22-17(21)13-10-19-15-11(2)14(18)7-6-12(15)16(13)20-8-4-5-9-20/h6-7,10H,3-5,8-9H2,1-2H3. The fourth-order valence-electron chi connectivity index (χ4n) is 3.01. The van der Waals surface area contributed by atoms with Gasteiger partial charge >= 0.3 is 5.97 Å². The maximum absolute atomic E-state index is 12.3. The van der Waals surface area contributed by atoms with Crippen molar-refractivity contribution in [2.45, 2.75) is 26.7 Å². The van der Waals surface area contributed by atoms with E-state index in [-0.39, 0.29) is 5.97 Å². The molecule has 0 saturated carbocycles. The van der Waals surface area contributed by atoms with Gasteiger partial charge in [-0.05, 0) is 44.4 Å². The summed E-state index contributed by atoms with van der Waals surface area (Å²) in [7, 11) is 0. The molecule has 2 heterocycles. The Morgan fingerprint density at radius 1 is 1.36 bits per heavy atom. The highest BCUT2D eigenvalue weighted by molar-refractivity contribution is 6.32.